The molecule has 1 aliphatic heterocycles. The van der Waals surface area contributed by atoms with Crippen molar-refractivity contribution in [1.29, 1.82) is 0 Å². The predicted octanol–water partition coefficient (Wildman–Crippen LogP) is 8.85. The molecule has 2 N–H and O–H groups in total. The van der Waals surface area contributed by atoms with Gasteiger partial charge in [0.15, 0.2) is 0 Å². The highest BCUT2D eigenvalue weighted by Crippen LogP contribution is 2.44. The molecule has 3 aromatic carbocycles. The van der Waals surface area contributed by atoms with E-state index in [-0.39, 0.29) is 68.3 Å². The van der Waals surface area contributed by atoms with E-state index >= 15 is 0 Å². The van der Waals surface area contributed by atoms with Crippen LogP contribution in [-0.2, 0) is 0 Å². The number of nitrogens with one attached hydrogen (secondary N) is 2. The van der Waals surface area contributed by atoms with Crippen LogP contribution < -0.4 is 10.6 Å². The Morgan fingerprint density at radius 3 is 1.86 bits per heavy atom. The summed E-state index contributed by atoms with van der Waals surface area (Å²) >= 11 is 49.6. The molecule has 0 aliphatic carbocycles. The molecule has 1 heterocycles. The standard InChI is InChI=1S/C23H10Cl8N4O2/c1-32-22(36)10-9(13(24)17(28)18(29)14(10)25)6-33-7-2-4-8(5-3-7)34-21-11-12(23(37)35-21)16(27)20(31)19(30)15(11)26/h2-6H,1H3,(H,32,36)(H,34,35,37). The first kappa shape index (κ1) is 28.3. The summed E-state index contributed by atoms with van der Waals surface area (Å²) in [6, 6.07) is 6.56. The van der Waals surface area contributed by atoms with Gasteiger partial charge in [-0.2, -0.15) is 0 Å². The molecule has 0 saturated heterocycles. The number of amides is 2. The van der Waals surface area contributed by atoms with Crippen molar-refractivity contribution < 1.29 is 9.59 Å². The minimum absolute atomic E-state index is 0.00680. The molecular formula is C23H10Cl8N4O2. The fraction of sp³-hybridized carbons (Fsp3) is 0.0435. The molecule has 3 aromatic rings. The molecule has 6 nitrogen and oxygen atoms in total. The maximum Gasteiger partial charge on any atom is 0.259 e. The summed E-state index contributed by atoms with van der Waals surface area (Å²) in [5.41, 5.74) is 1.50. The number of halogens is 8. The van der Waals surface area contributed by atoms with Gasteiger partial charge in [0.25, 0.3) is 11.8 Å². The van der Waals surface area contributed by atoms with Gasteiger partial charge in [0.1, 0.15) is 5.84 Å². The lowest BCUT2D eigenvalue weighted by Gasteiger charge is -2.12. The van der Waals surface area contributed by atoms with Gasteiger partial charge in [-0.15, -0.1) is 0 Å². The van der Waals surface area contributed by atoms with Crippen LogP contribution in [0.2, 0.25) is 40.2 Å². The number of carbonyl (C=O) groups is 2. The number of hydrogen-bond donors (Lipinski definition) is 2. The molecule has 0 radical (unpaired) electrons. The van der Waals surface area contributed by atoms with Gasteiger partial charge in [0.2, 0.25) is 0 Å². The maximum absolute atomic E-state index is 12.4. The van der Waals surface area contributed by atoms with Crippen LogP contribution in [0.1, 0.15) is 31.8 Å². The minimum atomic E-state index is -0.517. The Labute approximate surface area is 250 Å². The van der Waals surface area contributed by atoms with Crippen LogP contribution in [0, 0.1) is 0 Å². The van der Waals surface area contributed by atoms with E-state index in [1.807, 2.05) is 0 Å². The number of nitrogens with zero attached hydrogens (tertiary/aromatic N) is 2. The second-order valence-electron chi connectivity index (χ2n) is 7.32. The summed E-state index contributed by atoms with van der Waals surface area (Å²) in [4.78, 5) is 33.6. The zero-order valence-corrected chi connectivity index (χ0v) is 24.2. The van der Waals surface area contributed by atoms with Crippen LogP contribution in [0.25, 0.3) is 0 Å². The first-order valence-electron chi connectivity index (χ1n) is 9.96. The van der Waals surface area contributed by atoms with Gasteiger partial charge >= 0.3 is 0 Å². The molecule has 4 rings (SSSR count). The van der Waals surface area contributed by atoms with Gasteiger partial charge in [-0.05, 0) is 24.3 Å². The topological polar surface area (TPSA) is 82.9 Å². The summed E-state index contributed by atoms with van der Waals surface area (Å²) in [5, 5.41) is 5.03. The fourth-order valence-corrected chi connectivity index (χ4v) is 5.41. The highest BCUT2D eigenvalue weighted by Gasteiger charge is 2.34. The third kappa shape index (κ3) is 5.14. The first-order chi connectivity index (χ1) is 17.5. The molecule has 0 spiro atoms. The van der Waals surface area contributed by atoms with Crippen molar-refractivity contribution in [2.45, 2.75) is 0 Å². The zero-order chi connectivity index (χ0) is 27.2. The molecule has 37 heavy (non-hydrogen) atoms. The number of carbonyl (C=O) groups excluding carboxylic acids is 2. The van der Waals surface area contributed by atoms with Gasteiger partial charge in [-0.3, -0.25) is 14.6 Å². The maximum atomic E-state index is 12.4. The highest BCUT2D eigenvalue weighted by molar-refractivity contribution is 6.55. The van der Waals surface area contributed by atoms with Crippen molar-refractivity contribution in [2.24, 2.45) is 9.98 Å². The van der Waals surface area contributed by atoms with E-state index in [0.717, 1.165) is 0 Å². The highest BCUT2D eigenvalue weighted by atomic mass is 35.5. The van der Waals surface area contributed by atoms with E-state index < -0.39 is 11.8 Å². The predicted molar refractivity (Wildman–Crippen MR) is 154 cm³/mol. The molecule has 2 amide bonds. The SMILES string of the molecule is CNC(=O)c1c(Cl)c(Cl)c(Cl)c(Cl)c1C=Nc1ccc(N=C2NC(=O)c3c(Cl)c(Cl)c(Cl)c(Cl)c32)cc1. The largest absolute Gasteiger partial charge is 0.355 e. The lowest BCUT2D eigenvalue weighted by Crippen LogP contribution is -2.21. The summed E-state index contributed by atoms with van der Waals surface area (Å²) < 4.78 is 0. The molecule has 190 valence electrons. The second-order valence-corrected chi connectivity index (χ2v) is 10.3. The molecule has 0 unspecified atom stereocenters. The van der Waals surface area contributed by atoms with E-state index in [9.17, 15) is 9.59 Å². The number of fused-ring (bicyclic) bond motifs is 1. The molecule has 14 heteroatoms. The second kappa shape index (κ2) is 11.2. The Balaban J connectivity index is 1.69. The molecule has 0 saturated carbocycles. The normalized spacial score (nSPS) is 13.9. The summed E-state index contributed by atoms with van der Waals surface area (Å²) in [7, 11) is 1.44. The van der Waals surface area contributed by atoms with E-state index in [4.69, 9.17) is 92.8 Å². The molecule has 0 fully saturated rings. The van der Waals surface area contributed by atoms with Crippen molar-refractivity contribution in [3.8, 4) is 0 Å². The number of aliphatic imine (C=N–C) groups is 2. The van der Waals surface area contributed by atoms with Crippen LogP contribution in [0.3, 0.4) is 0 Å². The van der Waals surface area contributed by atoms with E-state index in [0.29, 0.717) is 11.4 Å². The van der Waals surface area contributed by atoms with Crippen LogP contribution >= 0.6 is 92.8 Å². The Morgan fingerprint density at radius 1 is 0.757 bits per heavy atom. The van der Waals surface area contributed by atoms with E-state index in [2.05, 4.69) is 20.6 Å². The lowest BCUT2D eigenvalue weighted by molar-refractivity contribution is 0.0960. The average Bonchev–Trinajstić information content (AvgIpc) is 3.22. The third-order valence-electron chi connectivity index (χ3n) is 5.15. The van der Waals surface area contributed by atoms with Crippen molar-refractivity contribution in [2.75, 3.05) is 7.05 Å². The monoisotopic (exact) mass is 654 g/mol. The Hall–Kier alpha value is -1.74. The van der Waals surface area contributed by atoms with Crippen molar-refractivity contribution in [1.82, 2.24) is 10.6 Å². The lowest BCUT2D eigenvalue weighted by atomic mass is 10.1. The third-order valence-corrected chi connectivity index (χ3v) is 8.77. The van der Waals surface area contributed by atoms with Crippen molar-refractivity contribution in [3.05, 3.63) is 86.7 Å². The van der Waals surface area contributed by atoms with Crippen LogP contribution in [0.4, 0.5) is 11.4 Å². The summed E-state index contributed by atoms with van der Waals surface area (Å²) in [5.74, 6) is -0.865. The van der Waals surface area contributed by atoms with Crippen LogP contribution in [0.15, 0.2) is 34.3 Å². The molecular weight excluding hydrogens is 648 g/mol. The quantitative estimate of drug-likeness (QED) is 0.167. The smallest absolute Gasteiger partial charge is 0.259 e. The van der Waals surface area contributed by atoms with Gasteiger partial charge in [0.05, 0.1) is 68.2 Å². The number of amidine groups is 1. The molecule has 0 bridgehead atoms. The van der Waals surface area contributed by atoms with Gasteiger partial charge < -0.3 is 10.6 Å². The van der Waals surface area contributed by atoms with Crippen LogP contribution in [-0.4, -0.2) is 30.9 Å². The number of hydrogen-bond acceptors (Lipinski definition) is 4. The molecule has 1 aliphatic rings. The van der Waals surface area contributed by atoms with Crippen molar-refractivity contribution in [3.63, 3.8) is 0 Å². The van der Waals surface area contributed by atoms with E-state index in [1.54, 1.807) is 24.3 Å². The van der Waals surface area contributed by atoms with Crippen molar-refractivity contribution >= 4 is 128 Å². The molecule has 0 aromatic heterocycles. The zero-order valence-electron chi connectivity index (χ0n) is 18.1. The average molecular weight is 658 g/mol. The summed E-state index contributed by atoms with van der Waals surface area (Å²) in [6.45, 7) is 0. The fourth-order valence-electron chi connectivity index (χ4n) is 3.38. The number of benzene rings is 3. The van der Waals surface area contributed by atoms with E-state index in [1.165, 1.54) is 13.3 Å². The first-order valence-corrected chi connectivity index (χ1v) is 13.0. The summed E-state index contributed by atoms with van der Waals surface area (Å²) in [6.07, 6.45) is 1.35. The Bertz CT molecular complexity index is 1550. The van der Waals surface area contributed by atoms with Gasteiger partial charge in [0, 0.05) is 18.8 Å². The Morgan fingerprint density at radius 2 is 1.27 bits per heavy atom. The van der Waals surface area contributed by atoms with Crippen LogP contribution in [0.5, 0.6) is 0 Å². The number of rotatable bonds is 4. The van der Waals surface area contributed by atoms with Gasteiger partial charge in [-0.25, -0.2) is 4.99 Å². The minimum Gasteiger partial charge on any atom is -0.355 e. The molecule has 0 atom stereocenters. The van der Waals surface area contributed by atoms with Gasteiger partial charge in [-0.1, -0.05) is 92.8 Å². The Kier molecular flexibility index (Phi) is 8.53.